The number of fused-ring (bicyclic) bond motifs is 3. The number of pyridine rings is 1. The number of rotatable bonds is 5. The Morgan fingerprint density at radius 1 is 1.17 bits per heavy atom. The second kappa shape index (κ2) is 7.72. The quantitative estimate of drug-likeness (QED) is 0.644. The Morgan fingerprint density at radius 2 is 1.93 bits per heavy atom. The van der Waals surface area contributed by atoms with Crippen LogP contribution >= 0.6 is 11.3 Å². The molecule has 7 heteroatoms. The fraction of sp³-hybridized carbons (Fsp3) is 0.409. The average molecular weight is 409 g/mol. The fourth-order valence-electron chi connectivity index (χ4n) is 4.49. The van der Waals surface area contributed by atoms with Crippen LogP contribution in [-0.4, -0.2) is 57.4 Å². The molecule has 5 rings (SSSR count). The highest BCUT2D eigenvalue weighted by Gasteiger charge is 2.40. The molecule has 1 aromatic carbocycles. The number of aromatic nitrogens is 2. The summed E-state index contributed by atoms with van der Waals surface area (Å²) in [4.78, 5) is 26.0. The number of hydrogen-bond donors (Lipinski definition) is 0. The summed E-state index contributed by atoms with van der Waals surface area (Å²) in [6.45, 7) is 4.50. The first-order valence-electron chi connectivity index (χ1n) is 10.2. The first-order chi connectivity index (χ1) is 14.2. The summed E-state index contributed by atoms with van der Waals surface area (Å²) in [5.41, 5.74) is 2.17. The third kappa shape index (κ3) is 3.84. The van der Waals surface area contributed by atoms with Crippen molar-refractivity contribution < 1.29 is 9.53 Å². The van der Waals surface area contributed by atoms with E-state index in [0.717, 1.165) is 42.2 Å². The number of ether oxygens (including phenoxy) is 1. The van der Waals surface area contributed by atoms with Crippen LogP contribution in [0.2, 0.25) is 0 Å². The van der Waals surface area contributed by atoms with E-state index in [1.54, 1.807) is 13.1 Å². The third-order valence-corrected chi connectivity index (χ3v) is 6.87. The van der Waals surface area contributed by atoms with Crippen LogP contribution in [0.1, 0.15) is 25.3 Å². The molecule has 2 aliphatic rings. The van der Waals surface area contributed by atoms with Crippen LogP contribution in [0.15, 0.2) is 42.6 Å². The molecular formula is C22H24N4O2S. The molecule has 0 spiro atoms. The van der Waals surface area contributed by atoms with Gasteiger partial charge in [0.1, 0.15) is 16.1 Å². The Hall–Kier alpha value is -2.51. The van der Waals surface area contributed by atoms with Gasteiger partial charge in [-0.25, -0.2) is 9.97 Å². The van der Waals surface area contributed by atoms with Crippen LogP contribution in [0, 0.1) is 0 Å². The highest BCUT2D eigenvalue weighted by Crippen LogP contribution is 2.31. The molecule has 29 heavy (non-hydrogen) atoms. The average Bonchev–Trinajstić information content (AvgIpc) is 3.23. The van der Waals surface area contributed by atoms with Crippen molar-refractivity contribution in [3.8, 4) is 10.9 Å². The number of likely N-dealkylation sites (tertiary alicyclic amines) is 1. The third-order valence-electron chi connectivity index (χ3n) is 6.01. The lowest BCUT2D eigenvalue weighted by atomic mass is 10.1. The number of benzene rings is 1. The lowest BCUT2D eigenvalue weighted by Gasteiger charge is -2.40. The summed E-state index contributed by atoms with van der Waals surface area (Å²) in [5.74, 6) is 1.00. The maximum Gasteiger partial charge on any atom is 0.281 e. The Kier molecular flexibility index (Phi) is 4.93. The Labute approximate surface area is 174 Å². The van der Waals surface area contributed by atoms with E-state index in [0.29, 0.717) is 17.3 Å². The molecule has 0 aliphatic carbocycles. The number of nitrogens with zero attached hydrogens (tertiary/aromatic N) is 4. The molecule has 0 N–H and O–H groups in total. The highest BCUT2D eigenvalue weighted by atomic mass is 32.1. The second-order valence-corrected chi connectivity index (χ2v) is 8.79. The van der Waals surface area contributed by atoms with E-state index in [9.17, 15) is 4.79 Å². The van der Waals surface area contributed by atoms with Gasteiger partial charge in [0.25, 0.3) is 5.19 Å². The molecule has 150 valence electrons. The van der Waals surface area contributed by atoms with E-state index in [4.69, 9.17) is 4.74 Å². The van der Waals surface area contributed by atoms with Crippen molar-refractivity contribution >= 4 is 27.6 Å². The smallest absolute Gasteiger partial charge is 0.281 e. The standard InChI is InChI=1S/C22H24N4O2S/c1-15(27)25-13-17-6-7-18(14-25)26(17)12-10-16-4-8-19(9-5-16)28-22-24-20-3-2-11-23-21(20)29-22/h2-5,8-9,11,17-18H,6-7,10,12-14H2,1H3/t17-,18+. The molecule has 2 bridgehead atoms. The van der Waals surface area contributed by atoms with Gasteiger partial charge < -0.3 is 9.64 Å². The van der Waals surface area contributed by atoms with E-state index in [1.807, 2.05) is 29.2 Å². The molecule has 4 heterocycles. The van der Waals surface area contributed by atoms with Gasteiger partial charge in [0, 0.05) is 44.8 Å². The van der Waals surface area contributed by atoms with E-state index in [-0.39, 0.29) is 5.91 Å². The normalized spacial score (nSPS) is 21.6. The topological polar surface area (TPSA) is 58.6 Å². The van der Waals surface area contributed by atoms with Crippen LogP contribution in [0.4, 0.5) is 0 Å². The summed E-state index contributed by atoms with van der Waals surface area (Å²) in [7, 11) is 0. The van der Waals surface area contributed by atoms with Crippen LogP contribution in [0.5, 0.6) is 10.9 Å². The van der Waals surface area contributed by atoms with Crippen LogP contribution in [0.3, 0.4) is 0 Å². The van der Waals surface area contributed by atoms with Gasteiger partial charge >= 0.3 is 0 Å². The highest BCUT2D eigenvalue weighted by molar-refractivity contribution is 7.19. The van der Waals surface area contributed by atoms with Gasteiger partial charge in [-0.3, -0.25) is 9.69 Å². The Bertz CT molecular complexity index is 972. The lowest BCUT2D eigenvalue weighted by molar-refractivity contribution is -0.132. The lowest BCUT2D eigenvalue weighted by Crippen LogP contribution is -2.55. The van der Waals surface area contributed by atoms with Gasteiger partial charge in [-0.05, 0) is 49.1 Å². The summed E-state index contributed by atoms with van der Waals surface area (Å²) in [6.07, 6.45) is 5.19. The molecule has 0 radical (unpaired) electrons. The van der Waals surface area contributed by atoms with Crippen molar-refractivity contribution in [1.82, 2.24) is 19.8 Å². The van der Waals surface area contributed by atoms with Crippen LogP contribution in [0.25, 0.3) is 10.3 Å². The molecule has 2 aromatic heterocycles. The predicted octanol–water partition coefficient (Wildman–Crippen LogP) is 3.72. The number of carbonyl (C=O) groups is 1. The molecule has 6 nitrogen and oxygen atoms in total. The number of piperazine rings is 1. The van der Waals surface area contributed by atoms with Gasteiger partial charge in [0.15, 0.2) is 0 Å². The van der Waals surface area contributed by atoms with E-state index < -0.39 is 0 Å². The monoisotopic (exact) mass is 408 g/mol. The van der Waals surface area contributed by atoms with E-state index >= 15 is 0 Å². The summed E-state index contributed by atoms with van der Waals surface area (Å²) in [5, 5.41) is 0.617. The molecule has 2 atom stereocenters. The number of amides is 1. The van der Waals surface area contributed by atoms with Crippen LogP contribution in [-0.2, 0) is 11.2 Å². The molecule has 2 saturated heterocycles. The summed E-state index contributed by atoms with van der Waals surface area (Å²) >= 11 is 1.46. The van der Waals surface area contributed by atoms with Crippen molar-refractivity contribution in [1.29, 1.82) is 0 Å². The van der Waals surface area contributed by atoms with Crippen molar-refractivity contribution in [3.05, 3.63) is 48.2 Å². The largest absolute Gasteiger partial charge is 0.431 e. The van der Waals surface area contributed by atoms with Crippen LogP contribution < -0.4 is 4.74 Å². The van der Waals surface area contributed by atoms with Gasteiger partial charge in [-0.2, -0.15) is 0 Å². The first-order valence-corrected chi connectivity index (χ1v) is 11.0. The van der Waals surface area contributed by atoms with E-state index in [2.05, 4.69) is 27.0 Å². The molecule has 0 saturated carbocycles. The van der Waals surface area contributed by atoms with Gasteiger partial charge in [0.05, 0.1) is 0 Å². The second-order valence-electron chi connectivity index (χ2n) is 7.85. The van der Waals surface area contributed by atoms with Crippen molar-refractivity contribution in [2.75, 3.05) is 19.6 Å². The van der Waals surface area contributed by atoms with Crippen molar-refractivity contribution in [3.63, 3.8) is 0 Å². The molecule has 0 unspecified atom stereocenters. The van der Waals surface area contributed by atoms with E-state index in [1.165, 1.54) is 29.7 Å². The molecule has 2 aliphatic heterocycles. The molecule has 2 fully saturated rings. The number of thiazole rings is 1. The molecular weight excluding hydrogens is 384 g/mol. The maximum absolute atomic E-state index is 11.7. The van der Waals surface area contributed by atoms with Gasteiger partial charge in [-0.1, -0.05) is 23.5 Å². The fourth-order valence-corrected chi connectivity index (χ4v) is 5.27. The zero-order chi connectivity index (χ0) is 19.8. The van der Waals surface area contributed by atoms with Crippen molar-refractivity contribution in [2.24, 2.45) is 0 Å². The number of carbonyl (C=O) groups excluding carboxylic acids is 1. The van der Waals surface area contributed by atoms with Gasteiger partial charge in [-0.15, -0.1) is 0 Å². The zero-order valence-corrected chi connectivity index (χ0v) is 17.3. The molecule has 1 amide bonds. The van der Waals surface area contributed by atoms with Crippen molar-refractivity contribution in [2.45, 2.75) is 38.3 Å². The SMILES string of the molecule is CC(=O)N1C[C@H]2CC[C@@H](C1)N2CCc1ccc(Oc2nc3cccnc3s2)cc1. The summed E-state index contributed by atoms with van der Waals surface area (Å²) in [6, 6.07) is 13.2. The first kappa shape index (κ1) is 18.5. The van der Waals surface area contributed by atoms with Gasteiger partial charge in [0.2, 0.25) is 5.91 Å². The Balaban J connectivity index is 1.19. The minimum absolute atomic E-state index is 0.209. The minimum Gasteiger partial charge on any atom is -0.431 e. The number of hydrogen-bond acceptors (Lipinski definition) is 6. The minimum atomic E-state index is 0.209. The molecule has 3 aromatic rings. The summed E-state index contributed by atoms with van der Waals surface area (Å²) < 4.78 is 5.91. The Morgan fingerprint density at radius 3 is 2.62 bits per heavy atom. The predicted molar refractivity (Wildman–Crippen MR) is 113 cm³/mol. The zero-order valence-electron chi connectivity index (χ0n) is 16.5. The maximum atomic E-state index is 11.7.